The van der Waals surface area contributed by atoms with E-state index in [1.165, 1.54) is 11.1 Å². The molecule has 1 aromatic rings. The fourth-order valence-electron chi connectivity index (χ4n) is 2.34. The summed E-state index contributed by atoms with van der Waals surface area (Å²) in [5, 5.41) is 0.772. The van der Waals surface area contributed by atoms with Crippen LogP contribution in [0.25, 0.3) is 0 Å². The molecule has 0 aromatic heterocycles. The fourth-order valence-corrected chi connectivity index (χ4v) is 2.53. The predicted octanol–water partition coefficient (Wildman–Crippen LogP) is 2.64. The van der Waals surface area contributed by atoms with E-state index in [-0.39, 0.29) is 5.91 Å². The largest absolute Gasteiger partial charge is 0.370 e. The van der Waals surface area contributed by atoms with Crippen molar-refractivity contribution in [2.75, 3.05) is 0 Å². The van der Waals surface area contributed by atoms with Crippen LogP contribution in [0.3, 0.4) is 0 Å². The monoisotopic (exact) mass is 223 g/mol. The summed E-state index contributed by atoms with van der Waals surface area (Å²) in [7, 11) is 0. The molecule has 1 aliphatic rings. The molecule has 2 rings (SSSR count). The molecule has 0 bridgehead atoms. The van der Waals surface area contributed by atoms with Gasteiger partial charge in [-0.15, -0.1) is 0 Å². The van der Waals surface area contributed by atoms with Gasteiger partial charge in [0.15, 0.2) is 0 Å². The van der Waals surface area contributed by atoms with Gasteiger partial charge in [0.25, 0.3) is 0 Å². The average Bonchev–Trinajstić information content (AvgIpc) is 2.16. The summed E-state index contributed by atoms with van der Waals surface area (Å²) < 4.78 is 0. The first-order chi connectivity index (χ1) is 7.16. The zero-order valence-electron chi connectivity index (χ0n) is 8.50. The number of amides is 1. The molecule has 0 aliphatic heterocycles. The van der Waals surface area contributed by atoms with E-state index in [2.05, 4.69) is 0 Å². The van der Waals surface area contributed by atoms with E-state index in [4.69, 9.17) is 17.3 Å². The van der Waals surface area contributed by atoms with Gasteiger partial charge in [0.1, 0.15) is 0 Å². The second-order valence-corrected chi connectivity index (χ2v) is 4.54. The minimum Gasteiger partial charge on any atom is -0.370 e. The molecule has 1 atom stereocenters. The van der Waals surface area contributed by atoms with Crippen LogP contribution >= 0.6 is 11.6 Å². The number of nitrogens with two attached hydrogens (primary N) is 1. The third-order valence-electron chi connectivity index (χ3n) is 2.99. The van der Waals surface area contributed by atoms with Crippen molar-refractivity contribution in [1.29, 1.82) is 0 Å². The van der Waals surface area contributed by atoms with Gasteiger partial charge in [-0.1, -0.05) is 17.7 Å². The quantitative estimate of drug-likeness (QED) is 0.823. The van der Waals surface area contributed by atoms with E-state index in [1.54, 1.807) is 0 Å². The second-order valence-electron chi connectivity index (χ2n) is 4.10. The first-order valence-corrected chi connectivity index (χ1v) is 5.61. The Morgan fingerprint density at radius 2 is 2.33 bits per heavy atom. The summed E-state index contributed by atoms with van der Waals surface area (Å²) in [6.45, 7) is 0. The summed E-state index contributed by atoms with van der Waals surface area (Å²) in [4.78, 5) is 10.9. The minimum absolute atomic E-state index is 0.220. The molecule has 15 heavy (non-hydrogen) atoms. The van der Waals surface area contributed by atoms with Crippen molar-refractivity contribution in [1.82, 2.24) is 0 Å². The van der Waals surface area contributed by atoms with Crippen LogP contribution in [0, 0.1) is 0 Å². The van der Waals surface area contributed by atoms with Crippen molar-refractivity contribution in [3.8, 4) is 0 Å². The number of primary amides is 1. The highest BCUT2D eigenvalue weighted by molar-refractivity contribution is 6.30. The van der Waals surface area contributed by atoms with E-state index in [1.807, 2.05) is 18.2 Å². The SMILES string of the molecule is NC(=O)CC1CCCc2cc(Cl)ccc21. The van der Waals surface area contributed by atoms with Crippen LogP contribution in [-0.2, 0) is 11.2 Å². The van der Waals surface area contributed by atoms with Crippen molar-refractivity contribution in [2.45, 2.75) is 31.6 Å². The zero-order valence-corrected chi connectivity index (χ0v) is 9.26. The Morgan fingerprint density at radius 1 is 1.53 bits per heavy atom. The van der Waals surface area contributed by atoms with Crippen molar-refractivity contribution < 1.29 is 4.79 Å². The average molecular weight is 224 g/mol. The number of aryl methyl sites for hydroxylation is 1. The Kier molecular flexibility index (Phi) is 2.96. The number of hydrogen-bond donors (Lipinski definition) is 1. The number of halogens is 1. The molecule has 1 aromatic carbocycles. The number of carbonyl (C=O) groups is 1. The van der Waals surface area contributed by atoms with Gasteiger partial charge < -0.3 is 5.73 Å². The smallest absolute Gasteiger partial charge is 0.218 e. The molecular weight excluding hydrogens is 210 g/mol. The van der Waals surface area contributed by atoms with Crippen LogP contribution in [0.5, 0.6) is 0 Å². The topological polar surface area (TPSA) is 43.1 Å². The molecule has 1 unspecified atom stereocenters. The first-order valence-electron chi connectivity index (χ1n) is 5.23. The molecule has 1 amide bonds. The maximum Gasteiger partial charge on any atom is 0.218 e. The Balaban J connectivity index is 2.30. The molecule has 3 heteroatoms. The summed E-state index contributed by atoms with van der Waals surface area (Å²) in [6.07, 6.45) is 3.68. The molecule has 0 spiro atoms. The Morgan fingerprint density at radius 3 is 3.07 bits per heavy atom. The van der Waals surface area contributed by atoms with Crippen LogP contribution < -0.4 is 5.73 Å². The summed E-state index contributed by atoms with van der Waals surface area (Å²) in [5.74, 6) is 0.0753. The van der Waals surface area contributed by atoms with Gasteiger partial charge in [0.2, 0.25) is 5.91 Å². The highest BCUT2D eigenvalue weighted by atomic mass is 35.5. The van der Waals surface area contributed by atoms with E-state index >= 15 is 0 Å². The lowest BCUT2D eigenvalue weighted by Gasteiger charge is -2.24. The van der Waals surface area contributed by atoms with Crippen molar-refractivity contribution in [3.05, 3.63) is 34.3 Å². The van der Waals surface area contributed by atoms with Crippen molar-refractivity contribution >= 4 is 17.5 Å². The van der Waals surface area contributed by atoms with E-state index in [0.29, 0.717) is 12.3 Å². The summed E-state index contributed by atoms with van der Waals surface area (Å²) in [5.41, 5.74) is 7.78. The Hall–Kier alpha value is -1.02. The van der Waals surface area contributed by atoms with Gasteiger partial charge in [0.05, 0.1) is 0 Å². The van der Waals surface area contributed by atoms with E-state index in [0.717, 1.165) is 24.3 Å². The first kappa shape index (κ1) is 10.5. The number of benzene rings is 1. The number of hydrogen-bond acceptors (Lipinski definition) is 1. The third-order valence-corrected chi connectivity index (χ3v) is 3.23. The Labute approximate surface area is 94.4 Å². The highest BCUT2D eigenvalue weighted by Crippen LogP contribution is 2.34. The van der Waals surface area contributed by atoms with Crippen LogP contribution in [0.1, 0.15) is 36.3 Å². The lowest BCUT2D eigenvalue weighted by molar-refractivity contribution is -0.118. The van der Waals surface area contributed by atoms with Gasteiger partial charge in [-0.25, -0.2) is 0 Å². The van der Waals surface area contributed by atoms with Crippen LogP contribution in [0.2, 0.25) is 5.02 Å². The number of carbonyl (C=O) groups excluding carboxylic acids is 1. The van der Waals surface area contributed by atoms with Crippen molar-refractivity contribution in [3.63, 3.8) is 0 Å². The maximum atomic E-state index is 10.9. The normalized spacial score (nSPS) is 19.7. The zero-order chi connectivity index (χ0) is 10.8. The van der Waals surface area contributed by atoms with Gasteiger partial charge in [-0.3, -0.25) is 4.79 Å². The molecule has 2 N–H and O–H groups in total. The molecule has 1 aliphatic carbocycles. The molecule has 80 valence electrons. The van der Waals surface area contributed by atoms with E-state index in [9.17, 15) is 4.79 Å². The lowest BCUT2D eigenvalue weighted by Crippen LogP contribution is -2.18. The third kappa shape index (κ3) is 2.32. The maximum absolute atomic E-state index is 10.9. The highest BCUT2D eigenvalue weighted by Gasteiger charge is 2.21. The van der Waals surface area contributed by atoms with Gasteiger partial charge in [-0.05, 0) is 48.4 Å². The lowest BCUT2D eigenvalue weighted by atomic mass is 9.81. The number of rotatable bonds is 2. The molecule has 0 saturated heterocycles. The standard InChI is InChI=1S/C12H14ClNO/c13-10-4-5-11-8(6-10)2-1-3-9(11)7-12(14)15/h4-6,9H,1-3,7H2,(H2,14,15). The molecule has 0 saturated carbocycles. The van der Waals surface area contributed by atoms with Gasteiger partial charge in [0, 0.05) is 11.4 Å². The predicted molar refractivity (Wildman–Crippen MR) is 60.9 cm³/mol. The van der Waals surface area contributed by atoms with Crippen LogP contribution in [-0.4, -0.2) is 5.91 Å². The van der Waals surface area contributed by atoms with Crippen LogP contribution in [0.15, 0.2) is 18.2 Å². The molecule has 0 radical (unpaired) electrons. The summed E-state index contributed by atoms with van der Waals surface area (Å²) >= 11 is 5.94. The minimum atomic E-state index is -0.220. The van der Waals surface area contributed by atoms with Gasteiger partial charge in [-0.2, -0.15) is 0 Å². The van der Waals surface area contributed by atoms with Crippen molar-refractivity contribution in [2.24, 2.45) is 5.73 Å². The van der Waals surface area contributed by atoms with E-state index < -0.39 is 0 Å². The molecular formula is C12H14ClNO. The van der Waals surface area contributed by atoms with Crippen LogP contribution in [0.4, 0.5) is 0 Å². The Bertz CT molecular complexity index is 389. The summed E-state index contributed by atoms with van der Waals surface area (Å²) in [6, 6.07) is 5.92. The fraction of sp³-hybridized carbons (Fsp3) is 0.417. The second kappa shape index (κ2) is 4.23. The van der Waals surface area contributed by atoms with Gasteiger partial charge >= 0.3 is 0 Å². The number of fused-ring (bicyclic) bond motifs is 1. The molecule has 0 heterocycles. The molecule has 0 fully saturated rings. The molecule has 2 nitrogen and oxygen atoms in total.